The van der Waals surface area contributed by atoms with Crippen molar-refractivity contribution in [3.05, 3.63) is 0 Å². The van der Waals surface area contributed by atoms with Gasteiger partial charge in [0.15, 0.2) is 0 Å². The van der Waals surface area contributed by atoms with E-state index in [0.717, 1.165) is 0 Å². The van der Waals surface area contributed by atoms with E-state index in [2.05, 4.69) is 4.74 Å². The van der Waals surface area contributed by atoms with E-state index in [4.69, 9.17) is 10.3 Å². The molecule has 0 aliphatic rings. The summed E-state index contributed by atoms with van der Waals surface area (Å²) in [4.78, 5) is 0. The van der Waals surface area contributed by atoms with Crippen LogP contribution in [0, 0.1) is 0 Å². The Labute approximate surface area is 53.6 Å². The zero-order valence-electron chi connectivity index (χ0n) is 4.94. The summed E-state index contributed by atoms with van der Waals surface area (Å²) in [6.07, 6.45) is -0.944. The van der Waals surface area contributed by atoms with Gasteiger partial charge in [-0.2, -0.15) is 8.42 Å². The molecule has 0 aliphatic carbocycles. The molecule has 0 fully saturated rings. The maximum Gasteiger partial charge on any atom is 0.268 e. The zero-order valence-corrected chi connectivity index (χ0v) is 5.76. The summed E-state index contributed by atoms with van der Waals surface area (Å²) >= 11 is 0. The van der Waals surface area contributed by atoms with Gasteiger partial charge in [-0.15, -0.1) is 0 Å². The van der Waals surface area contributed by atoms with Crippen molar-refractivity contribution < 1.29 is 17.7 Å². The van der Waals surface area contributed by atoms with Crippen molar-refractivity contribution >= 4 is 10.1 Å². The Morgan fingerprint density at radius 3 is 2.33 bits per heavy atom. The van der Waals surface area contributed by atoms with Crippen molar-refractivity contribution in [3.63, 3.8) is 0 Å². The lowest BCUT2D eigenvalue weighted by atomic mass is 10.7. The van der Waals surface area contributed by atoms with Crippen LogP contribution in [0.5, 0.6) is 0 Å². The lowest BCUT2D eigenvalue weighted by Crippen LogP contribution is -2.30. The maximum atomic E-state index is 10.00. The molecular weight excluding hydrogens is 146 g/mol. The second kappa shape index (κ2) is 3.11. The van der Waals surface area contributed by atoms with Crippen LogP contribution < -0.4 is 5.73 Å². The molecule has 0 aliphatic heterocycles. The molecule has 0 amide bonds. The molecule has 0 bridgehead atoms. The van der Waals surface area contributed by atoms with Crippen LogP contribution in [0.2, 0.25) is 0 Å². The topological polar surface area (TPSA) is 89.6 Å². The molecule has 0 saturated carbocycles. The number of hydrogen-bond donors (Lipinski definition) is 2. The Balaban J connectivity index is 3.75. The van der Waals surface area contributed by atoms with Gasteiger partial charge in [0.1, 0.15) is 12.0 Å². The van der Waals surface area contributed by atoms with Gasteiger partial charge in [-0.25, -0.2) is 0 Å². The molecule has 56 valence electrons. The second-order valence-corrected chi connectivity index (χ2v) is 3.02. The van der Waals surface area contributed by atoms with Gasteiger partial charge in [-0.3, -0.25) is 4.55 Å². The highest BCUT2D eigenvalue weighted by Gasteiger charge is 2.10. The quantitative estimate of drug-likeness (QED) is 0.395. The fraction of sp³-hybridized carbons (Fsp3) is 1.00. The van der Waals surface area contributed by atoms with Gasteiger partial charge in [0.25, 0.3) is 10.1 Å². The van der Waals surface area contributed by atoms with Gasteiger partial charge < -0.3 is 10.5 Å². The summed E-state index contributed by atoms with van der Waals surface area (Å²) in [6.45, 7) is 0. The predicted molar refractivity (Wildman–Crippen MR) is 31.4 cm³/mol. The van der Waals surface area contributed by atoms with E-state index in [1.165, 1.54) is 7.11 Å². The van der Waals surface area contributed by atoms with Gasteiger partial charge in [0.05, 0.1) is 0 Å². The third kappa shape index (κ3) is 5.71. The fourth-order valence-corrected chi connectivity index (χ4v) is 0.827. The van der Waals surface area contributed by atoms with E-state index in [-0.39, 0.29) is 0 Å². The summed E-state index contributed by atoms with van der Waals surface area (Å²) < 4.78 is 32.5. The molecule has 1 atom stereocenters. The first-order chi connectivity index (χ1) is 3.95. The minimum Gasteiger partial charge on any atom is -0.366 e. The summed E-state index contributed by atoms with van der Waals surface area (Å²) in [5.74, 6) is -0.566. The molecule has 0 spiro atoms. The van der Waals surface area contributed by atoms with E-state index in [9.17, 15) is 8.42 Å². The number of ether oxygens (including phenoxy) is 1. The predicted octanol–water partition coefficient (Wildman–Crippen LogP) is -1.19. The van der Waals surface area contributed by atoms with E-state index >= 15 is 0 Å². The minimum atomic E-state index is -3.99. The van der Waals surface area contributed by atoms with Crippen LogP contribution in [0.1, 0.15) is 0 Å². The van der Waals surface area contributed by atoms with Crippen molar-refractivity contribution in [2.75, 3.05) is 12.9 Å². The Kier molecular flexibility index (Phi) is 3.06. The number of methoxy groups -OCH3 is 1. The first kappa shape index (κ1) is 8.83. The Hall–Kier alpha value is -0.170. The lowest BCUT2D eigenvalue weighted by Gasteiger charge is -2.04. The highest BCUT2D eigenvalue weighted by Crippen LogP contribution is 1.86. The molecular formula is C3H9NO4S. The first-order valence-electron chi connectivity index (χ1n) is 2.19. The Morgan fingerprint density at radius 2 is 2.22 bits per heavy atom. The van der Waals surface area contributed by atoms with Gasteiger partial charge in [0, 0.05) is 7.11 Å². The fourth-order valence-electron chi connectivity index (χ4n) is 0.276. The van der Waals surface area contributed by atoms with Crippen LogP contribution in [0.3, 0.4) is 0 Å². The summed E-state index contributed by atoms with van der Waals surface area (Å²) in [5.41, 5.74) is 5.00. The number of hydrogen-bond acceptors (Lipinski definition) is 4. The lowest BCUT2D eigenvalue weighted by molar-refractivity contribution is 0.125. The van der Waals surface area contributed by atoms with Gasteiger partial charge in [-0.1, -0.05) is 0 Å². The van der Waals surface area contributed by atoms with Crippen molar-refractivity contribution in [1.82, 2.24) is 0 Å². The highest BCUT2D eigenvalue weighted by molar-refractivity contribution is 7.85. The summed E-state index contributed by atoms with van der Waals surface area (Å²) in [7, 11) is -2.73. The van der Waals surface area contributed by atoms with Crippen LogP contribution in [0.15, 0.2) is 0 Å². The number of rotatable bonds is 3. The van der Waals surface area contributed by atoms with Crippen molar-refractivity contribution in [2.24, 2.45) is 5.73 Å². The smallest absolute Gasteiger partial charge is 0.268 e. The second-order valence-electron chi connectivity index (χ2n) is 1.52. The molecule has 0 rings (SSSR count). The molecule has 0 aromatic carbocycles. The minimum absolute atomic E-state index is 0.566. The van der Waals surface area contributed by atoms with Crippen molar-refractivity contribution in [1.29, 1.82) is 0 Å². The summed E-state index contributed by atoms with van der Waals surface area (Å²) in [6, 6.07) is 0. The van der Waals surface area contributed by atoms with Crippen LogP contribution in [-0.4, -0.2) is 32.1 Å². The first-order valence-corrected chi connectivity index (χ1v) is 3.80. The number of nitrogens with two attached hydrogens (primary N) is 1. The monoisotopic (exact) mass is 155 g/mol. The molecule has 0 saturated heterocycles. The van der Waals surface area contributed by atoms with Crippen molar-refractivity contribution in [2.45, 2.75) is 6.23 Å². The van der Waals surface area contributed by atoms with Crippen LogP contribution in [0.4, 0.5) is 0 Å². The van der Waals surface area contributed by atoms with Gasteiger partial charge in [-0.05, 0) is 0 Å². The van der Waals surface area contributed by atoms with E-state index in [1.54, 1.807) is 0 Å². The van der Waals surface area contributed by atoms with Crippen LogP contribution in [0.25, 0.3) is 0 Å². The molecule has 0 aromatic rings. The molecule has 0 aromatic heterocycles. The molecule has 1 unspecified atom stereocenters. The van der Waals surface area contributed by atoms with Gasteiger partial charge >= 0.3 is 0 Å². The average molecular weight is 155 g/mol. The molecule has 9 heavy (non-hydrogen) atoms. The van der Waals surface area contributed by atoms with Crippen LogP contribution in [-0.2, 0) is 14.9 Å². The largest absolute Gasteiger partial charge is 0.366 e. The SMILES string of the molecule is COC(N)CS(=O)(=O)O. The molecule has 5 nitrogen and oxygen atoms in total. The standard InChI is InChI=1S/C3H9NO4S/c1-8-3(4)2-9(5,6)7/h3H,2,4H2,1H3,(H,5,6,7). The average Bonchev–Trinajstić information content (AvgIpc) is 1.62. The van der Waals surface area contributed by atoms with E-state index in [1.807, 2.05) is 0 Å². The third-order valence-corrected chi connectivity index (χ3v) is 1.43. The molecule has 0 radical (unpaired) electrons. The third-order valence-electron chi connectivity index (χ3n) is 0.678. The Bertz CT molecular complexity index is 163. The molecule has 0 heterocycles. The normalized spacial score (nSPS) is 15.4. The Morgan fingerprint density at radius 1 is 1.78 bits per heavy atom. The van der Waals surface area contributed by atoms with Crippen LogP contribution >= 0.6 is 0 Å². The van der Waals surface area contributed by atoms with E-state index < -0.39 is 22.1 Å². The zero-order chi connectivity index (χ0) is 7.49. The van der Waals surface area contributed by atoms with E-state index in [0.29, 0.717) is 0 Å². The van der Waals surface area contributed by atoms with Crippen molar-refractivity contribution in [3.8, 4) is 0 Å². The summed E-state index contributed by atoms with van der Waals surface area (Å²) in [5, 5.41) is 0. The maximum absolute atomic E-state index is 10.00. The van der Waals surface area contributed by atoms with Gasteiger partial charge in [0.2, 0.25) is 0 Å². The molecule has 6 heteroatoms. The molecule has 3 N–H and O–H groups in total. The highest BCUT2D eigenvalue weighted by atomic mass is 32.2.